The molecule has 1 N–H and O–H groups in total. The van der Waals surface area contributed by atoms with E-state index in [-0.39, 0.29) is 11.5 Å². The van der Waals surface area contributed by atoms with E-state index in [1.165, 1.54) is 11.3 Å². The standard InChI is InChI=1S/C27H23N3O4S/c1-16-9-12-21(34-16)15-22-26(32)30-24(18-10-13-20(33-3)14-11-18)23(17(2)28-27(30)35-22)25(31)29-19-7-5-4-6-8-19/h4-15,24H,1-3H3,(H,29,31)/b22-15+. The number of thiazole rings is 1. The maximum atomic E-state index is 13.6. The summed E-state index contributed by atoms with van der Waals surface area (Å²) in [4.78, 5) is 32.3. The van der Waals surface area contributed by atoms with Crippen LogP contribution < -0.4 is 24.9 Å². The molecule has 2 aromatic heterocycles. The predicted octanol–water partition coefficient (Wildman–Crippen LogP) is 3.78. The van der Waals surface area contributed by atoms with Crippen LogP contribution in [0.15, 0.2) is 92.2 Å². The smallest absolute Gasteiger partial charge is 0.271 e. The zero-order chi connectivity index (χ0) is 24.5. The minimum absolute atomic E-state index is 0.235. The summed E-state index contributed by atoms with van der Waals surface area (Å²) in [6.45, 7) is 3.65. The van der Waals surface area contributed by atoms with E-state index in [4.69, 9.17) is 9.15 Å². The number of ether oxygens (including phenoxy) is 1. The van der Waals surface area contributed by atoms with Gasteiger partial charge in [0.05, 0.1) is 29.0 Å². The molecule has 7 nitrogen and oxygen atoms in total. The Morgan fingerprint density at radius 2 is 1.83 bits per heavy atom. The van der Waals surface area contributed by atoms with Crippen molar-refractivity contribution < 1.29 is 13.9 Å². The first kappa shape index (κ1) is 22.6. The number of benzene rings is 2. The molecule has 4 aromatic rings. The number of allylic oxidation sites excluding steroid dienone is 1. The molecule has 1 atom stereocenters. The zero-order valence-electron chi connectivity index (χ0n) is 19.4. The number of fused-ring (bicyclic) bond motifs is 1. The van der Waals surface area contributed by atoms with E-state index in [1.807, 2.05) is 73.7 Å². The number of amides is 1. The lowest BCUT2D eigenvalue weighted by molar-refractivity contribution is -0.113. The molecule has 0 fully saturated rings. The van der Waals surface area contributed by atoms with Crippen molar-refractivity contribution in [2.75, 3.05) is 12.4 Å². The average molecular weight is 486 g/mol. The van der Waals surface area contributed by atoms with E-state index in [1.54, 1.807) is 24.7 Å². The molecule has 3 heterocycles. The van der Waals surface area contributed by atoms with Gasteiger partial charge < -0.3 is 14.5 Å². The maximum Gasteiger partial charge on any atom is 0.271 e. The Kier molecular flexibility index (Phi) is 5.96. The molecule has 8 heteroatoms. The minimum atomic E-state index is -0.652. The van der Waals surface area contributed by atoms with Crippen LogP contribution >= 0.6 is 11.3 Å². The molecular weight excluding hydrogens is 462 g/mol. The van der Waals surface area contributed by atoms with Gasteiger partial charge in [-0.2, -0.15) is 0 Å². The number of aryl methyl sites for hydroxylation is 1. The second-order valence-corrected chi connectivity index (χ2v) is 9.13. The van der Waals surface area contributed by atoms with Crippen LogP contribution in [0.4, 0.5) is 5.69 Å². The quantitative estimate of drug-likeness (QED) is 0.466. The molecule has 0 radical (unpaired) electrons. The van der Waals surface area contributed by atoms with E-state index >= 15 is 0 Å². The second kappa shape index (κ2) is 9.23. The van der Waals surface area contributed by atoms with Crippen LogP contribution in [0.3, 0.4) is 0 Å². The summed E-state index contributed by atoms with van der Waals surface area (Å²) < 4.78 is 13.0. The number of aromatic nitrogens is 1. The summed E-state index contributed by atoms with van der Waals surface area (Å²) in [5.74, 6) is 1.72. The van der Waals surface area contributed by atoms with Crippen LogP contribution in [-0.4, -0.2) is 17.6 Å². The number of methoxy groups -OCH3 is 1. The number of para-hydroxylation sites is 1. The Hall–Kier alpha value is -4.17. The first-order valence-corrected chi connectivity index (χ1v) is 11.9. The molecule has 5 rings (SSSR count). The topological polar surface area (TPSA) is 85.8 Å². The molecule has 1 amide bonds. The summed E-state index contributed by atoms with van der Waals surface area (Å²) in [6, 6.07) is 19.6. The van der Waals surface area contributed by atoms with Gasteiger partial charge in [0.15, 0.2) is 4.80 Å². The third kappa shape index (κ3) is 4.36. The highest BCUT2D eigenvalue weighted by atomic mass is 32.1. The fraction of sp³-hybridized carbons (Fsp3) is 0.148. The second-order valence-electron chi connectivity index (χ2n) is 8.12. The zero-order valence-corrected chi connectivity index (χ0v) is 20.3. The van der Waals surface area contributed by atoms with Gasteiger partial charge in [-0.3, -0.25) is 14.2 Å². The first-order chi connectivity index (χ1) is 16.9. The van der Waals surface area contributed by atoms with Gasteiger partial charge in [0.25, 0.3) is 11.5 Å². The van der Waals surface area contributed by atoms with Crippen LogP contribution in [0.1, 0.15) is 30.0 Å². The molecule has 2 aromatic carbocycles. The molecule has 1 aliphatic heterocycles. The van der Waals surface area contributed by atoms with Gasteiger partial charge in [0.1, 0.15) is 17.3 Å². The van der Waals surface area contributed by atoms with E-state index in [0.717, 1.165) is 11.3 Å². The number of anilines is 1. The summed E-state index contributed by atoms with van der Waals surface area (Å²) in [6.07, 6.45) is 1.71. The van der Waals surface area contributed by atoms with E-state index < -0.39 is 6.04 Å². The summed E-state index contributed by atoms with van der Waals surface area (Å²) in [5.41, 5.74) is 2.17. The van der Waals surface area contributed by atoms with Crippen molar-refractivity contribution in [3.05, 3.63) is 115 Å². The molecule has 176 valence electrons. The Labute approximate surface area is 205 Å². The van der Waals surface area contributed by atoms with Crippen molar-refractivity contribution in [3.63, 3.8) is 0 Å². The number of nitrogens with one attached hydrogen (secondary N) is 1. The summed E-state index contributed by atoms with van der Waals surface area (Å²) in [5, 5.41) is 2.95. The van der Waals surface area contributed by atoms with E-state index in [2.05, 4.69) is 10.3 Å². The monoisotopic (exact) mass is 485 g/mol. The highest BCUT2D eigenvalue weighted by Gasteiger charge is 2.32. The molecule has 0 saturated heterocycles. The van der Waals surface area contributed by atoms with Gasteiger partial charge >= 0.3 is 0 Å². The number of hydrogen-bond acceptors (Lipinski definition) is 6. The molecule has 0 aliphatic carbocycles. The SMILES string of the molecule is COc1ccc(C2C(C(=O)Nc3ccccc3)=C(C)N=c3s/c(=C/c4ccc(C)o4)c(=O)n32)cc1. The van der Waals surface area contributed by atoms with E-state index in [0.29, 0.717) is 37.8 Å². The number of rotatable bonds is 5. The van der Waals surface area contributed by atoms with Crippen LogP contribution in [-0.2, 0) is 4.79 Å². The number of nitrogens with zero attached hydrogens (tertiary/aromatic N) is 2. The van der Waals surface area contributed by atoms with Gasteiger partial charge in [0, 0.05) is 11.8 Å². The fourth-order valence-corrected chi connectivity index (χ4v) is 5.12. The van der Waals surface area contributed by atoms with Gasteiger partial charge in [-0.25, -0.2) is 4.99 Å². The van der Waals surface area contributed by atoms with Crippen LogP contribution in [0.5, 0.6) is 5.75 Å². The number of carbonyl (C=O) groups is 1. The molecule has 1 unspecified atom stereocenters. The van der Waals surface area contributed by atoms with Gasteiger partial charge in [0.2, 0.25) is 0 Å². The number of carbonyl (C=O) groups excluding carboxylic acids is 1. The van der Waals surface area contributed by atoms with Crippen molar-refractivity contribution in [2.45, 2.75) is 19.9 Å². The number of furan rings is 1. The average Bonchev–Trinajstić information content (AvgIpc) is 3.41. The normalized spacial score (nSPS) is 15.5. The Morgan fingerprint density at radius 1 is 1.09 bits per heavy atom. The van der Waals surface area contributed by atoms with Gasteiger partial charge in [-0.15, -0.1) is 0 Å². The lowest BCUT2D eigenvalue weighted by atomic mass is 9.95. The molecule has 1 aliphatic rings. The van der Waals surface area contributed by atoms with Crippen molar-refractivity contribution in [3.8, 4) is 5.75 Å². The van der Waals surface area contributed by atoms with Crippen LogP contribution in [0, 0.1) is 6.92 Å². The first-order valence-electron chi connectivity index (χ1n) is 11.0. The Balaban J connectivity index is 1.67. The maximum absolute atomic E-state index is 13.6. The van der Waals surface area contributed by atoms with Gasteiger partial charge in [-0.05, 0) is 55.8 Å². The molecule has 0 saturated carbocycles. The molecule has 0 spiro atoms. The predicted molar refractivity (Wildman–Crippen MR) is 135 cm³/mol. The van der Waals surface area contributed by atoms with Crippen molar-refractivity contribution in [1.29, 1.82) is 0 Å². The van der Waals surface area contributed by atoms with Crippen molar-refractivity contribution >= 4 is 29.0 Å². The highest BCUT2D eigenvalue weighted by Crippen LogP contribution is 2.31. The fourth-order valence-electron chi connectivity index (χ4n) is 4.09. The van der Waals surface area contributed by atoms with Crippen LogP contribution in [0.25, 0.3) is 6.08 Å². The van der Waals surface area contributed by atoms with Gasteiger partial charge in [-0.1, -0.05) is 41.7 Å². The van der Waals surface area contributed by atoms with Crippen molar-refractivity contribution in [2.24, 2.45) is 4.99 Å². The Morgan fingerprint density at radius 3 is 2.49 bits per heavy atom. The number of hydrogen-bond donors (Lipinski definition) is 1. The highest BCUT2D eigenvalue weighted by molar-refractivity contribution is 7.07. The molecular formula is C27H23N3O4S. The third-order valence-electron chi connectivity index (χ3n) is 5.76. The summed E-state index contributed by atoms with van der Waals surface area (Å²) in [7, 11) is 1.59. The Bertz CT molecular complexity index is 1610. The van der Waals surface area contributed by atoms with E-state index in [9.17, 15) is 9.59 Å². The van der Waals surface area contributed by atoms with Crippen molar-refractivity contribution in [1.82, 2.24) is 4.57 Å². The lowest BCUT2D eigenvalue weighted by Crippen LogP contribution is -2.40. The molecule has 35 heavy (non-hydrogen) atoms. The van der Waals surface area contributed by atoms with Crippen LogP contribution in [0.2, 0.25) is 0 Å². The largest absolute Gasteiger partial charge is 0.497 e. The molecule has 0 bridgehead atoms. The lowest BCUT2D eigenvalue weighted by Gasteiger charge is -2.25. The third-order valence-corrected chi connectivity index (χ3v) is 6.75. The summed E-state index contributed by atoms with van der Waals surface area (Å²) >= 11 is 1.27. The minimum Gasteiger partial charge on any atom is -0.497 e.